The van der Waals surface area contributed by atoms with Gasteiger partial charge in [0.15, 0.2) is 6.61 Å². The number of rotatable bonds is 8. The summed E-state index contributed by atoms with van der Waals surface area (Å²) in [5.74, 6) is 0.702. The molecule has 0 aromatic heterocycles. The fourth-order valence-electron chi connectivity index (χ4n) is 1.97. The third-order valence-corrected chi connectivity index (χ3v) is 3.22. The highest BCUT2D eigenvalue weighted by Crippen LogP contribution is 2.22. The van der Waals surface area contributed by atoms with E-state index in [0.717, 1.165) is 18.6 Å². The zero-order chi connectivity index (χ0) is 17.2. The predicted octanol–water partition coefficient (Wildman–Crippen LogP) is 4.15. The van der Waals surface area contributed by atoms with Crippen LogP contribution in [0.25, 0.3) is 0 Å². The molecule has 0 atom stereocenters. The molecule has 126 valence electrons. The number of unbranched alkanes of at least 4 members (excludes halogenated alkanes) is 1. The molecule has 5 heteroatoms. The summed E-state index contributed by atoms with van der Waals surface area (Å²) < 4.78 is 10.6. The molecule has 2 rings (SSSR count). The maximum atomic E-state index is 11.7. The average Bonchev–Trinajstić information content (AvgIpc) is 2.61. The van der Waals surface area contributed by atoms with Gasteiger partial charge in [-0.1, -0.05) is 31.5 Å². The first-order valence-electron chi connectivity index (χ1n) is 7.96. The number of hydrogen-bond donors (Lipinski definition) is 1. The highest BCUT2D eigenvalue weighted by atomic mass is 16.5. The molecule has 24 heavy (non-hydrogen) atoms. The number of esters is 1. The predicted molar refractivity (Wildman–Crippen MR) is 92.1 cm³/mol. The van der Waals surface area contributed by atoms with Crippen LogP contribution in [0.2, 0.25) is 0 Å². The fraction of sp³-hybridized carbons (Fsp3) is 0.263. The zero-order valence-electron chi connectivity index (χ0n) is 13.7. The van der Waals surface area contributed by atoms with E-state index in [9.17, 15) is 9.59 Å². The third kappa shape index (κ3) is 6.12. The maximum Gasteiger partial charge on any atom is 0.306 e. The van der Waals surface area contributed by atoms with Crippen LogP contribution in [0.15, 0.2) is 54.6 Å². The van der Waals surface area contributed by atoms with Crippen molar-refractivity contribution in [1.82, 2.24) is 0 Å². The summed E-state index contributed by atoms with van der Waals surface area (Å²) in [6.45, 7) is 1.72. The van der Waals surface area contributed by atoms with Crippen molar-refractivity contribution in [3.8, 4) is 11.5 Å². The van der Waals surface area contributed by atoms with E-state index in [1.54, 1.807) is 24.3 Å². The molecule has 0 saturated carbocycles. The number of amides is 1. The van der Waals surface area contributed by atoms with E-state index in [4.69, 9.17) is 9.47 Å². The van der Waals surface area contributed by atoms with Gasteiger partial charge < -0.3 is 14.8 Å². The molecule has 0 spiro atoms. The summed E-state index contributed by atoms with van der Waals surface area (Å²) in [5.41, 5.74) is 0.616. The van der Waals surface area contributed by atoms with Gasteiger partial charge in [0.25, 0.3) is 5.91 Å². The first-order valence-corrected chi connectivity index (χ1v) is 7.96. The molecule has 0 saturated heterocycles. The highest BCUT2D eigenvalue weighted by molar-refractivity contribution is 5.92. The largest absolute Gasteiger partial charge is 0.457 e. The van der Waals surface area contributed by atoms with Crippen LogP contribution < -0.4 is 10.1 Å². The smallest absolute Gasteiger partial charge is 0.306 e. The first kappa shape index (κ1) is 17.5. The minimum Gasteiger partial charge on any atom is -0.457 e. The number of nitrogens with one attached hydrogen (secondary N) is 1. The van der Waals surface area contributed by atoms with Crippen LogP contribution in [0.4, 0.5) is 5.69 Å². The van der Waals surface area contributed by atoms with Gasteiger partial charge in [-0.05, 0) is 42.8 Å². The Kier molecular flexibility index (Phi) is 6.83. The summed E-state index contributed by atoms with van der Waals surface area (Å²) in [5, 5.41) is 2.67. The van der Waals surface area contributed by atoms with Gasteiger partial charge in [-0.2, -0.15) is 0 Å². The van der Waals surface area contributed by atoms with E-state index >= 15 is 0 Å². The lowest BCUT2D eigenvalue weighted by atomic mass is 10.2. The lowest BCUT2D eigenvalue weighted by molar-refractivity contribution is -0.147. The molecule has 2 aromatic carbocycles. The number of carbonyl (C=O) groups is 2. The number of carbonyl (C=O) groups excluding carboxylic acids is 2. The average molecular weight is 327 g/mol. The number of hydrogen-bond acceptors (Lipinski definition) is 4. The fourth-order valence-corrected chi connectivity index (χ4v) is 1.97. The van der Waals surface area contributed by atoms with Crippen molar-refractivity contribution in [3.05, 3.63) is 54.6 Å². The van der Waals surface area contributed by atoms with Crippen LogP contribution in [0.3, 0.4) is 0 Å². The first-order chi connectivity index (χ1) is 11.7. The number of ether oxygens (including phenoxy) is 2. The molecule has 1 amide bonds. The van der Waals surface area contributed by atoms with Crippen LogP contribution >= 0.6 is 0 Å². The van der Waals surface area contributed by atoms with Crippen molar-refractivity contribution >= 4 is 17.6 Å². The summed E-state index contributed by atoms with van der Waals surface area (Å²) in [4.78, 5) is 23.1. The van der Waals surface area contributed by atoms with E-state index in [1.165, 1.54) is 0 Å². The van der Waals surface area contributed by atoms with Crippen molar-refractivity contribution in [2.45, 2.75) is 26.2 Å². The Morgan fingerprint density at radius 3 is 2.29 bits per heavy atom. The monoisotopic (exact) mass is 327 g/mol. The lowest BCUT2D eigenvalue weighted by Crippen LogP contribution is -2.20. The molecule has 0 heterocycles. The molecule has 0 radical (unpaired) electrons. The van der Waals surface area contributed by atoms with Gasteiger partial charge in [-0.15, -0.1) is 0 Å². The lowest BCUT2D eigenvalue weighted by Gasteiger charge is -2.08. The van der Waals surface area contributed by atoms with Crippen LogP contribution in [0.1, 0.15) is 26.2 Å². The second-order valence-corrected chi connectivity index (χ2v) is 5.25. The third-order valence-electron chi connectivity index (χ3n) is 3.22. The van der Waals surface area contributed by atoms with Gasteiger partial charge in [-0.25, -0.2) is 0 Å². The molecule has 0 unspecified atom stereocenters. The van der Waals surface area contributed by atoms with E-state index in [0.29, 0.717) is 17.9 Å². The molecule has 0 aliphatic rings. The number of anilines is 1. The normalized spacial score (nSPS) is 10.0. The minimum absolute atomic E-state index is 0.273. The van der Waals surface area contributed by atoms with Gasteiger partial charge in [0, 0.05) is 12.1 Å². The van der Waals surface area contributed by atoms with Gasteiger partial charge in [0.2, 0.25) is 0 Å². The Hall–Kier alpha value is -2.82. The van der Waals surface area contributed by atoms with Crippen molar-refractivity contribution in [2.75, 3.05) is 11.9 Å². The molecule has 0 bridgehead atoms. The Labute approximate surface area is 141 Å². The van der Waals surface area contributed by atoms with Crippen molar-refractivity contribution in [1.29, 1.82) is 0 Å². The van der Waals surface area contributed by atoms with Gasteiger partial charge >= 0.3 is 5.97 Å². The molecular formula is C19H21NO4. The molecule has 5 nitrogen and oxygen atoms in total. The van der Waals surface area contributed by atoms with E-state index in [1.807, 2.05) is 37.3 Å². The van der Waals surface area contributed by atoms with E-state index < -0.39 is 0 Å². The van der Waals surface area contributed by atoms with Gasteiger partial charge in [-0.3, -0.25) is 9.59 Å². The van der Waals surface area contributed by atoms with Gasteiger partial charge in [0.1, 0.15) is 11.5 Å². The van der Waals surface area contributed by atoms with E-state index in [-0.39, 0.29) is 18.5 Å². The van der Waals surface area contributed by atoms with Crippen LogP contribution in [-0.2, 0) is 14.3 Å². The Balaban J connectivity index is 1.78. The van der Waals surface area contributed by atoms with E-state index in [2.05, 4.69) is 5.32 Å². The summed E-state index contributed by atoms with van der Waals surface area (Å²) in [6, 6.07) is 16.4. The number of para-hydroxylation sites is 1. The molecule has 0 aliphatic carbocycles. The molecule has 0 aliphatic heterocycles. The second-order valence-electron chi connectivity index (χ2n) is 5.25. The summed E-state index contributed by atoms with van der Waals surface area (Å²) >= 11 is 0. The van der Waals surface area contributed by atoms with Crippen LogP contribution in [0.5, 0.6) is 11.5 Å². The van der Waals surface area contributed by atoms with Crippen molar-refractivity contribution in [3.63, 3.8) is 0 Å². The van der Waals surface area contributed by atoms with Gasteiger partial charge in [0.05, 0.1) is 0 Å². The second kappa shape index (κ2) is 9.35. The van der Waals surface area contributed by atoms with Crippen LogP contribution in [-0.4, -0.2) is 18.5 Å². The SMILES string of the molecule is CCCCC(=O)OCC(=O)Nc1ccc(Oc2ccccc2)cc1. The summed E-state index contributed by atoms with van der Waals surface area (Å²) in [6.07, 6.45) is 2.03. The Morgan fingerprint density at radius 2 is 1.62 bits per heavy atom. The molecule has 0 fully saturated rings. The van der Waals surface area contributed by atoms with Crippen molar-refractivity contribution < 1.29 is 19.1 Å². The zero-order valence-corrected chi connectivity index (χ0v) is 13.7. The molecule has 1 N–H and O–H groups in total. The van der Waals surface area contributed by atoms with Crippen molar-refractivity contribution in [2.24, 2.45) is 0 Å². The number of benzene rings is 2. The topological polar surface area (TPSA) is 64.6 Å². The quantitative estimate of drug-likeness (QED) is 0.740. The molecule has 2 aromatic rings. The maximum absolute atomic E-state index is 11.7. The highest BCUT2D eigenvalue weighted by Gasteiger charge is 2.07. The standard InChI is InChI=1S/C19H21NO4/c1-2-3-9-19(22)23-14-18(21)20-15-10-12-17(13-11-15)24-16-7-5-4-6-8-16/h4-8,10-13H,2-3,9,14H2,1H3,(H,20,21). The minimum atomic E-state index is -0.364. The molecular weight excluding hydrogens is 306 g/mol. The summed E-state index contributed by atoms with van der Waals surface area (Å²) in [7, 11) is 0. The Morgan fingerprint density at radius 1 is 0.958 bits per heavy atom. The Bertz CT molecular complexity index is 653. The van der Waals surface area contributed by atoms with Crippen LogP contribution in [0, 0.1) is 0 Å².